The van der Waals surface area contributed by atoms with Crippen LogP contribution in [-0.4, -0.2) is 32.6 Å². The predicted molar refractivity (Wildman–Crippen MR) is 104 cm³/mol. The Morgan fingerprint density at radius 3 is 2.62 bits per heavy atom. The summed E-state index contributed by atoms with van der Waals surface area (Å²) in [5.41, 5.74) is 3.84. The van der Waals surface area contributed by atoms with Gasteiger partial charge in [-0.05, 0) is 54.6 Å². The van der Waals surface area contributed by atoms with Gasteiger partial charge < -0.3 is 4.90 Å². The third-order valence-corrected chi connectivity index (χ3v) is 6.28. The molecule has 5 rings (SSSR count). The molecule has 1 aliphatic heterocycles. The molecule has 0 saturated carbocycles. The fraction of sp³-hybridized carbons (Fsp3) is 0.300. The molecule has 2 aliphatic rings. The number of hydrogen-bond acceptors (Lipinski definition) is 6. The van der Waals surface area contributed by atoms with Gasteiger partial charge in [-0.3, -0.25) is 0 Å². The molecule has 0 bridgehead atoms. The molecule has 0 radical (unpaired) electrons. The van der Waals surface area contributed by atoms with Crippen molar-refractivity contribution in [3.63, 3.8) is 0 Å². The zero-order chi connectivity index (χ0) is 17.6. The molecule has 2 aromatic heterocycles. The van der Waals surface area contributed by atoms with E-state index in [-0.39, 0.29) is 5.41 Å². The first kappa shape index (κ1) is 15.6. The number of fused-ring (bicyclic) bond motifs is 2. The van der Waals surface area contributed by atoms with E-state index in [2.05, 4.69) is 66.9 Å². The van der Waals surface area contributed by atoms with Gasteiger partial charge in [-0.15, -0.1) is 10.2 Å². The highest BCUT2D eigenvalue weighted by Gasteiger charge is 2.38. The van der Waals surface area contributed by atoms with E-state index in [9.17, 15) is 0 Å². The maximum absolute atomic E-state index is 4.44. The standard InChI is InChI=1S/C20H19N5S/c1-14-21-19(26-24-14)17-6-7-18(23-22-17)25-12-10-20(11-13-25)9-8-15-4-2-3-5-16(15)20/h2-9H,10-13H2,1H3. The number of anilines is 1. The van der Waals surface area contributed by atoms with Gasteiger partial charge in [0, 0.05) is 18.5 Å². The second kappa shape index (κ2) is 5.99. The van der Waals surface area contributed by atoms with Gasteiger partial charge in [0.1, 0.15) is 11.5 Å². The molecule has 1 fully saturated rings. The zero-order valence-electron chi connectivity index (χ0n) is 14.6. The topological polar surface area (TPSA) is 54.8 Å². The van der Waals surface area contributed by atoms with Crippen LogP contribution in [0.5, 0.6) is 0 Å². The molecule has 3 heterocycles. The summed E-state index contributed by atoms with van der Waals surface area (Å²) in [4.78, 5) is 6.71. The highest BCUT2D eigenvalue weighted by atomic mass is 32.1. The third-order valence-electron chi connectivity index (χ3n) is 5.46. The molecule has 5 nitrogen and oxygen atoms in total. The zero-order valence-corrected chi connectivity index (χ0v) is 15.4. The third kappa shape index (κ3) is 2.52. The van der Waals surface area contributed by atoms with Crippen LogP contribution in [0, 0.1) is 6.92 Å². The summed E-state index contributed by atoms with van der Waals surface area (Å²) in [6, 6.07) is 12.8. The summed E-state index contributed by atoms with van der Waals surface area (Å²) >= 11 is 1.37. The molecule has 3 aromatic rings. The van der Waals surface area contributed by atoms with E-state index in [1.807, 2.05) is 13.0 Å². The molecule has 1 aromatic carbocycles. The van der Waals surface area contributed by atoms with Crippen molar-refractivity contribution in [2.24, 2.45) is 0 Å². The number of nitrogens with zero attached hydrogens (tertiary/aromatic N) is 5. The minimum Gasteiger partial charge on any atom is -0.355 e. The molecule has 0 N–H and O–H groups in total. The van der Waals surface area contributed by atoms with Crippen LogP contribution < -0.4 is 4.90 Å². The van der Waals surface area contributed by atoms with Crippen molar-refractivity contribution in [1.29, 1.82) is 0 Å². The average molecular weight is 361 g/mol. The van der Waals surface area contributed by atoms with Crippen molar-refractivity contribution in [2.45, 2.75) is 25.2 Å². The first-order valence-electron chi connectivity index (χ1n) is 8.92. The summed E-state index contributed by atoms with van der Waals surface area (Å²) in [5, 5.41) is 9.63. The van der Waals surface area contributed by atoms with Gasteiger partial charge >= 0.3 is 0 Å². The van der Waals surface area contributed by atoms with Gasteiger partial charge in [0.25, 0.3) is 0 Å². The second-order valence-corrected chi connectivity index (χ2v) is 7.74. The van der Waals surface area contributed by atoms with E-state index in [4.69, 9.17) is 0 Å². The molecule has 130 valence electrons. The molecule has 0 unspecified atom stereocenters. The first-order chi connectivity index (χ1) is 12.7. The number of hydrogen-bond donors (Lipinski definition) is 0. The summed E-state index contributed by atoms with van der Waals surface area (Å²) in [6.07, 6.45) is 6.91. The van der Waals surface area contributed by atoms with Crippen LogP contribution in [0.4, 0.5) is 5.82 Å². The average Bonchev–Trinajstić information content (AvgIpc) is 3.28. The fourth-order valence-corrected chi connectivity index (χ4v) is 4.65. The summed E-state index contributed by atoms with van der Waals surface area (Å²) < 4.78 is 4.21. The van der Waals surface area contributed by atoms with Crippen molar-refractivity contribution >= 4 is 23.4 Å². The molecule has 1 aliphatic carbocycles. The first-order valence-corrected chi connectivity index (χ1v) is 9.69. The van der Waals surface area contributed by atoms with Crippen LogP contribution >= 0.6 is 11.5 Å². The minimum atomic E-state index is 0.199. The Morgan fingerprint density at radius 2 is 1.88 bits per heavy atom. The Kier molecular flexibility index (Phi) is 3.60. The van der Waals surface area contributed by atoms with Crippen LogP contribution in [-0.2, 0) is 5.41 Å². The monoisotopic (exact) mass is 361 g/mol. The van der Waals surface area contributed by atoms with E-state index >= 15 is 0 Å². The molecule has 0 amide bonds. The lowest BCUT2D eigenvalue weighted by atomic mass is 9.74. The number of benzene rings is 1. The summed E-state index contributed by atoms with van der Waals surface area (Å²) in [5.74, 6) is 1.72. The highest BCUT2D eigenvalue weighted by Crippen LogP contribution is 2.44. The Morgan fingerprint density at radius 1 is 1.04 bits per heavy atom. The second-order valence-electron chi connectivity index (χ2n) is 6.99. The van der Waals surface area contributed by atoms with E-state index < -0.39 is 0 Å². The molecule has 6 heteroatoms. The Hall–Kier alpha value is -2.60. The van der Waals surface area contributed by atoms with Crippen LogP contribution in [0.3, 0.4) is 0 Å². The van der Waals surface area contributed by atoms with E-state index in [0.29, 0.717) is 0 Å². The van der Waals surface area contributed by atoms with Gasteiger partial charge in [-0.2, -0.15) is 4.37 Å². The minimum absolute atomic E-state index is 0.199. The summed E-state index contributed by atoms with van der Waals surface area (Å²) in [6.45, 7) is 3.87. The molecule has 1 spiro atoms. The quantitative estimate of drug-likeness (QED) is 0.693. The van der Waals surface area contributed by atoms with E-state index in [1.54, 1.807) is 0 Å². The Labute approximate surface area is 156 Å². The van der Waals surface area contributed by atoms with Gasteiger partial charge in [0.05, 0.1) is 0 Å². The van der Waals surface area contributed by atoms with Crippen LogP contribution in [0.15, 0.2) is 42.5 Å². The normalized spacial score (nSPS) is 17.7. The largest absolute Gasteiger partial charge is 0.355 e. The SMILES string of the molecule is Cc1nsc(-c2ccc(N3CCC4(C=Cc5ccccc54)CC3)nn2)n1. The number of aromatic nitrogens is 4. The molecule has 1 saturated heterocycles. The Bertz CT molecular complexity index is 968. The van der Waals surface area contributed by atoms with Crippen molar-refractivity contribution in [3.05, 3.63) is 59.4 Å². The molecular formula is C20H19N5S. The molecule has 26 heavy (non-hydrogen) atoms. The molecule has 0 atom stereocenters. The lowest BCUT2D eigenvalue weighted by Crippen LogP contribution is -2.41. The number of piperidine rings is 1. The van der Waals surface area contributed by atoms with Gasteiger partial charge in [-0.25, -0.2) is 4.98 Å². The lowest BCUT2D eigenvalue weighted by molar-refractivity contribution is 0.409. The van der Waals surface area contributed by atoms with Crippen LogP contribution in [0.2, 0.25) is 0 Å². The highest BCUT2D eigenvalue weighted by molar-refractivity contribution is 7.09. The van der Waals surface area contributed by atoms with E-state index in [0.717, 1.165) is 48.3 Å². The lowest BCUT2D eigenvalue weighted by Gasteiger charge is -2.39. The Balaban J connectivity index is 1.33. The predicted octanol–water partition coefficient (Wildman–Crippen LogP) is 3.87. The van der Waals surface area contributed by atoms with Crippen molar-refractivity contribution in [1.82, 2.24) is 19.6 Å². The number of rotatable bonds is 2. The van der Waals surface area contributed by atoms with Crippen LogP contribution in [0.25, 0.3) is 16.8 Å². The number of aryl methyl sites for hydroxylation is 1. The van der Waals surface area contributed by atoms with Crippen molar-refractivity contribution < 1.29 is 0 Å². The molecular weight excluding hydrogens is 342 g/mol. The summed E-state index contributed by atoms with van der Waals surface area (Å²) in [7, 11) is 0. The van der Waals surface area contributed by atoms with E-state index in [1.165, 1.54) is 22.7 Å². The number of allylic oxidation sites excluding steroid dienone is 1. The van der Waals surface area contributed by atoms with Crippen molar-refractivity contribution in [3.8, 4) is 10.7 Å². The maximum atomic E-state index is 4.44. The van der Waals surface area contributed by atoms with Crippen molar-refractivity contribution in [2.75, 3.05) is 18.0 Å². The smallest absolute Gasteiger partial charge is 0.164 e. The van der Waals surface area contributed by atoms with Gasteiger partial charge in [0.2, 0.25) is 0 Å². The fourth-order valence-electron chi connectivity index (χ4n) is 4.01. The van der Waals surface area contributed by atoms with Gasteiger partial charge in [0.15, 0.2) is 10.8 Å². The van der Waals surface area contributed by atoms with Crippen LogP contribution in [0.1, 0.15) is 29.8 Å². The van der Waals surface area contributed by atoms with Gasteiger partial charge in [-0.1, -0.05) is 36.4 Å². The maximum Gasteiger partial charge on any atom is 0.164 e.